The standard InChI is InChI=1S/C19H36N2O3/c1-2-3-13-16-20-19(24)21-17-14-11-9-7-5-4-6-8-10-12-15-18(22)23/h5,7H,2-4,6,8-17H2,1H3,(H,22,23)(H2,20,21,24)/b7-5-. The number of hydrogen-bond acceptors (Lipinski definition) is 2. The lowest BCUT2D eigenvalue weighted by Gasteiger charge is -2.06. The Bertz CT molecular complexity index is 344. The summed E-state index contributed by atoms with van der Waals surface area (Å²) in [4.78, 5) is 21.8. The third-order valence-electron chi connectivity index (χ3n) is 3.83. The van der Waals surface area contributed by atoms with Gasteiger partial charge in [-0.1, -0.05) is 44.8 Å². The fraction of sp³-hybridized carbons (Fsp3) is 0.789. The Hall–Kier alpha value is -1.52. The molecule has 0 aromatic heterocycles. The van der Waals surface area contributed by atoms with Crippen LogP contribution < -0.4 is 10.6 Å². The molecular formula is C19H36N2O3. The molecule has 0 bridgehead atoms. The number of nitrogens with one attached hydrogen (secondary N) is 2. The Kier molecular flexibility index (Phi) is 16.7. The van der Waals surface area contributed by atoms with Gasteiger partial charge in [0.25, 0.3) is 0 Å². The van der Waals surface area contributed by atoms with Gasteiger partial charge in [-0.05, 0) is 44.9 Å². The van der Waals surface area contributed by atoms with Crippen molar-refractivity contribution in [2.45, 2.75) is 84.0 Å². The van der Waals surface area contributed by atoms with E-state index in [-0.39, 0.29) is 6.03 Å². The molecule has 0 saturated heterocycles. The zero-order valence-corrected chi connectivity index (χ0v) is 15.3. The number of hydrogen-bond donors (Lipinski definition) is 3. The number of rotatable bonds is 16. The molecule has 0 unspecified atom stereocenters. The van der Waals surface area contributed by atoms with Gasteiger partial charge in [-0.3, -0.25) is 4.79 Å². The largest absolute Gasteiger partial charge is 0.481 e. The van der Waals surface area contributed by atoms with Crippen LogP contribution >= 0.6 is 0 Å². The Labute approximate surface area is 147 Å². The average Bonchev–Trinajstić information content (AvgIpc) is 2.55. The summed E-state index contributed by atoms with van der Waals surface area (Å²) in [5, 5.41) is 14.3. The lowest BCUT2D eigenvalue weighted by atomic mass is 10.1. The van der Waals surface area contributed by atoms with E-state index in [0.29, 0.717) is 6.42 Å². The van der Waals surface area contributed by atoms with Crippen LogP contribution in [0.5, 0.6) is 0 Å². The van der Waals surface area contributed by atoms with Crippen molar-refractivity contribution in [1.82, 2.24) is 10.6 Å². The van der Waals surface area contributed by atoms with Crippen molar-refractivity contribution >= 4 is 12.0 Å². The maximum Gasteiger partial charge on any atom is 0.314 e. The minimum atomic E-state index is -0.696. The second kappa shape index (κ2) is 17.8. The summed E-state index contributed by atoms with van der Waals surface area (Å²) < 4.78 is 0. The molecule has 5 heteroatoms. The third-order valence-corrected chi connectivity index (χ3v) is 3.83. The van der Waals surface area contributed by atoms with Gasteiger partial charge in [0.1, 0.15) is 0 Å². The molecule has 0 spiro atoms. The summed E-state index contributed by atoms with van der Waals surface area (Å²) in [7, 11) is 0. The van der Waals surface area contributed by atoms with E-state index in [1.165, 1.54) is 6.42 Å². The van der Waals surface area contributed by atoms with Crippen molar-refractivity contribution < 1.29 is 14.7 Å². The van der Waals surface area contributed by atoms with Crippen LogP contribution in [0.15, 0.2) is 12.2 Å². The predicted octanol–water partition coefficient (Wildman–Crippen LogP) is 4.63. The number of amides is 2. The van der Waals surface area contributed by atoms with Gasteiger partial charge in [-0.15, -0.1) is 0 Å². The highest BCUT2D eigenvalue weighted by molar-refractivity contribution is 5.73. The van der Waals surface area contributed by atoms with Gasteiger partial charge in [0.05, 0.1) is 0 Å². The van der Waals surface area contributed by atoms with Crippen LogP contribution in [-0.2, 0) is 4.79 Å². The minimum Gasteiger partial charge on any atom is -0.481 e. The summed E-state index contributed by atoms with van der Waals surface area (Å²) in [6.07, 6.45) is 16.4. The van der Waals surface area contributed by atoms with Gasteiger partial charge in [0, 0.05) is 19.5 Å². The van der Waals surface area contributed by atoms with Crippen molar-refractivity contribution in [3.05, 3.63) is 12.2 Å². The maximum atomic E-state index is 11.5. The van der Waals surface area contributed by atoms with Crippen molar-refractivity contribution in [2.24, 2.45) is 0 Å². The third kappa shape index (κ3) is 18.5. The van der Waals surface area contributed by atoms with Gasteiger partial charge in [-0.2, -0.15) is 0 Å². The number of carbonyl (C=O) groups is 2. The molecule has 5 nitrogen and oxygen atoms in total. The molecule has 0 aliphatic carbocycles. The molecular weight excluding hydrogens is 304 g/mol. The predicted molar refractivity (Wildman–Crippen MR) is 99.3 cm³/mol. The van der Waals surface area contributed by atoms with Gasteiger partial charge < -0.3 is 15.7 Å². The average molecular weight is 341 g/mol. The minimum absolute atomic E-state index is 0.0513. The summed E-state index contributed by atoms with van der Waals surface area (Å²) in [6, 6.07) is -0.0513. The second-order valence-corrected chi connectivity index (χ2v) is 6.20. The van der Waals surface area contributed by atoms with E-state index in [4.69, 9.17) is 5.11 Å². The number of carbonyl (C=O) groups excluding carboxylic acids is 1. The van der Waals surface area contributed by atoms with Crippen molar-refractivity contribution in [1.29, 1.82) is 0 Å². The molecule has 0 aliphatic rings. The number of carboxylic acid groups (broad SMARTS) is 1. The summed E-state index contributed by atoms with van der Waals surface area (Å²) >= 11 is 0. The van der Waals surface area contributed by atoms with E-state index in [0.717, 1.165) is 77.3 Å². The summed E-state index contributed by atoms with van der Waals surface area (Å²) in [5.74, 6) is -0.696. The van der Waals surface area contributed by atoms with Gasteiger partial charge in [-0.25, -0.2) is 4.79 Å². The van der Waals surface area contributed by atoms with Crippen LogP contribution in [0.2, 0.25) is 0 Å². The molecule has 0 saturated carbocycles. The fourth-order valence-corrected chi connectivity index (χ4v) is 2.36. The number of urea groups is 1. The number of allylic oxidation sites excluding steroid dienone is 2. The Morgan fingerprint density at radius 3 is 1.92 bits per heavy atom. The van der Waals surface area contributed by atoms with E-state index in [1.807, 2.05) is 0 Å². The van der Waals surface area contributed by atoms with Crippen molar-refractivity contribution in [2.75, 3.05) is 13.1 Å². The summed E-state index contributed by atoms with van der Waals surface area (Å²) in [5.41, 5.74) is 0. The quantitative estimate of drug-likeness (QED) is 0.283. The van der Waals surface area contributed by atoms with E-state index in [2.05, 4.69) is 29.7 Å². The van der Waals surface area contributed by atoms with Gasteiger partial charge >= 0.3 is 12.0 Å². The molecule has 0 fully saturated rings. The molecule has 0 aromatic carbocycles. The zero-order chi connectivity index (χ0) is 17.9. The van der Waals surface area contributed by atoms with Crippen LogP contribution in [-0.4, -0.2) is 30.2 Å². The molecule has 0 radical (unpaired) electrons. The van der Waals surface area contributed by atoms with Gasteiger partial charge in [0.2, 0.25) is 0 Å². The SMILES string of the molecule is CCCCCNC(=O)NCCCC/C=C\CCCCCCC(=O)O. The van der Waals surface area contributed by atoms with Crippen molar-refractivity contribution in [3.8, 4) is 0 Å². The normalized spacial score (nSPS) is 10.9. The lowest BCUT2D eigenvalue weighted by molar-refractivity contribution is -0.137. The molecule has 0 rings (SSSR count). The molecule has 3 N–H and O–H groups in total. The van der Waals surface area contributed by atoms with Crippen molar-refractivity contribution in [3.63, 3.8) is 0 Å². The topological polar surface area (TPSA) is 78.4 Å². The molecule has 2 amide bonds. The highest BCUT2D eigenvalue weighted by atomic mass is 16.4. The zero-order valence-electron chi connectivity index (χ0n) is 15.3. The monoisotopic (exact) mass is 340 g/mol. The maximum absolute atomic E-state index is 11.5. The first-order valence-corrected chi connectivity index (χ1v) is 9.55. The molecule has 140 valence electrons. The van der Waals surface area contributed by atoms with E-state index < -0.39 is 5.97 Å². The molecule has 0 aromatic rings. The number of carboxylic acids is 1. The van der Waals surface area contributed by atoms with Crippen LogP contribution in [0.4, 0.5) is 4.79 Å². The highest BCUT2D eigenvalue weighted by Gasteiger charge is 1.97. The molecule has 0 atom stereocenters. The molecule has 24 heavy (non-hydrogen) atoms. The van der Waals surface area contributed by atoms with E-state index in [1.54, 1.807) is 0 Å². The Balaban J connectivity index is 3.23. The number of unbranched alkanes of at least 4 members (excludes halogenated alkanes) is 8. The first-order valence-electron chi connectivity index (χ1n) is 9.55. The number of aliphatic carboxylic acids is 1. The highest BCUT2D eigenvalue weighted by Crippen LogP contribution is 2.06. The molecule has 0 heterocycles. The van der Waals surface area contributed by atoms with E-state index >= 15 is 0 Å². The Morgan fingerprint density at radius 1 is 0.792 bits per heavy atom. The molecule has 0 aliphatic heterocycles. The summed E-state index contributed by atoms with van der Waals surface area (Å²) in [6.45, 7) is 3.65. The first-order chi connectivity index (χ1) is 11.7. The lowest BCUT2D eigenvalue weighted by Crippen LogP contribution is -2.36. The first kappa shape index (κ1) is 22.5. The van der Waals surface area contributed by atoms with Crippen LogP contribution in [0.1, 0.15) is 84.0 Å². The fourth-order valence-electron chi connectivity index (χ4n) is 2.36. The van der Waals surface area contributed by atoms with Crippen LogP contribution in [0.25, 0.3) is 0 Å². The van der Waals surface area contributed by atoms with Crippen LogP contribution in [0, 0.1) is 0 Å². The van der Waals surface area contributed by atoms with Gasteiger partial charge in [0.15, 0.2) is 0 Å². The van der Waals surface area contributed by atoms with Crippen LogP contribution in [0.3, 0.4) is 0 Å². The second-order valence-electron chi connectivity index (χ2n) is 6.20. The van der Waals surface area contributed by atoms with E-state index in [9.17, 15) is 9.59 Å². The smallest absolute Gasteiger partial charge is 0.314 e. The Morgan fingerprint density at radius 2 is 1.33 bits per heavy atom.